The third-order valence-corrected chi connectivity index (χ3v) is 8.76. The molecule has 132 valence electrons. The molecule has 2 aromatic carbocycles. The van der Waals surface area contributed by atoms with Gasteiger partial charge in [-0.05, 0) is 0 Å². The summed E-state index contributed by atoms with van der Waals surface area (Å²) in [5.74, 6) is 0. The first-order valence-corrected chi connectivity index (χ1v) is 11.4. The molecule has 0 N–H and O–H groups in total. The zero-order valence-electron chi connectivity index (χ0n) is 14.4. The summed E-state index contributed by atoms with van der Waals surface area (Å²) in [6, 6.07) is 18.4. The van der Waals surface area contributed by atoms with E-state index in [2.05, 4.69) is 32.9 Å². The van der Waals surface area contributed by atoms with E-state index < -0.39 is 9.84 Å². The Kier molecular flexibility index (Phi) is 6.70. The Balaban J connectivity index is 2.35. The van der Waals surface area contributed by atoms with Crippen molar-refractivity contribution in [2.24, 2.45) is 5.41 Å². The molecule has 0 amide bonds. The summed E-state index contributed by atoms with van der Waals surface area (Å²) in [4.78, 5) is 0.204. The summed E-state index contributed by atoms with van der Waals surface area (Å²) in [5, 5.41) is 0. The van der Waals surface area contributed by atoms with E-state index in [1.54, 1.807) is 30.3 Å². The molecule has 2 nitrogen and oxygen atoms in total. The Bertz CT molecular complexity index is 865. The van der Waals surface area contributed by atoms with Crippen molar-refractivity contribution in [1.29, 1.82) is 0 Å². The van der Waals surface area contributed by atoms with Gasteiger partial charge in [0.25, 0.3) is 0 Å². The van der Waals surface area contributed by atoms with Gasteiger partial charge in [-0.3, -0.25) is 0 Å². The second-order valence-electron chi connectivity index (χ2n) is 6.48. The summed E-state index contributed by atoms with van der Waals surface area (Å²) >= 11 is 6.24. The fourth-order valence-electron chi connectivity index (χ4n) is 2.00. The van der Waals surface area contributed by atoms with E-state index in [0.29, 0.717) is 0 Å². The monoisotopic (exact) mass is 440 g/mol. The van der Waals surface area contributed by atoms with Crippen molar-refractivity contribution in [2.45, 2.75) is 25.7 Å². The van der Waals surface area contributed by atoms with Crippen molar-refractivity contribution in [3.8, 4) is 0 Å². The van der Waals surface area contributed by atoms with E-state index in [9.17, 15) is 8.42 Å². The number of rotatable bonds is 5. The average Bonchev–Trinajstić information content (AvgIpc) is 2.59. The van der Waals surface area contributed by atoms with Gasteiger partial charge in [-0.15, -0.1) is 0 Å². The van der Waals surface area contributed by atoms with Gasteiger partial charge in [-0.2, -0.15) is 0 Å². The summed E-state index contributed by atoms with van der Waals surface area (Å²) in [6.45, 7) is 6.37. The van der Waals surface area contributed by atoms with Gasteiger partial charge in [0.1, 0.15) is 0 Å². The van der Waals surface area contributed by atoms with Gasteiger partial charge < -0.3 is 0 Å². The van der Waals surface area contributed by atoms with Gasteiger partial charge in [0.15, 0.2) is 0 Å². The van der Waals surface area contributed by atoms with Crippen LogP contribution in [0.15, 0.2) is 86.5 Å². The molecule has 0 aliphatic heterocycles. The van der Waals surface area contributed by atoms with Gasteiger partial charge in [-0.25, -0.2) is 0 Å². The van der Waals surface area contributed by atoms with Crippen LogP contribution in [0.5, 0.6) is 0 Å². The number of benzene rings is 2. The van der Waals surface area contributed by atoms with Crippen LogP contribution in [0.2, 0.25) is 0 Å². The van der Waals surface area contributed by atoms with Crippen LogP contribution in [-0.4, -0.2) is 23.4 Å². The van der Waals surface area contributed by atoms with Gasteiger partial charge in [0.05, 0.1) is 0 Å². The molecule has 0 radical (unpaired) electrons. The molecule has 0 aliphatic carbocycles. The molecule has 2 aromatic rings. The molecule has 0 aliphatic rings. The SMILES string of the molecule is CC(C)(C)/C(=C/C=C(/Cl)S(=O)(=O)c1ccccc1)[Se]c1ccccc1. The van der Waals surface area contributed by atoms with Crippen molar-refractivity contribution in [2.75, 3.05) is 0 Å². The van der Waals surface area contributed by atoms with Crippen LogP contribution >= 0.6 is 11.6 Å². The molecule has 0 unspecified atom stereocenters. The molecule has 0 bridgehead atoms. The molecule has 0 fully saturated rings. The van der Waals surface area contributed by atoms with E-state index in [-0.39, 0.29) is 29.6 Å². The number of halogens is 1. The first-order chi connectivity index (χ1) is 11.7. The van der Waals surface area contributed by atoms with Gasteiger partial charge >= 0.3 is 162 Å². The molecule has 25 heavy (non-hydrogen) atoms. The Morgan fingerprint density at radius 3 is 1.96 bits per heavy atom. The van der Waals surface area contributed by atoms with Crippen molar-refractivity contribution in [3.05, 3.63) is 81.7 Å². The first kappa shape index (κ1) is 20.0. The van der Waals surface area contributed by atoms with Gasteiger partial charge in [-0.1, -0.05) is 0 Å². The molecule has 5 heteroatoms. The van der Waals surface area contributed by atoms with Gasteiger partial charge in [0, 0.05) is 0 Å². The molecule has 0 atom stereocenters. The van der Waals surface area contributed by atoms with E-state index in [1.807, 2.05) is 24.3 Å². The van der Waals surface area contributed by atoms with Crippen LogP contribution in [0, 0.1) is 5.41 Å². The molecule has 0 saturated heterocycles. The average molecular weight is 440 g/mol. The summed E-state index contributed by atoms with van der Waals surface area (Å²) < 4.78 is 27.3. The fraction of sp³-hybridized carbons (Fsp3) is 0.200. The van der Waals surface area contributed by atoms with Crippen molar-refractivity contribution < 1.29 is 8.42 Å². The third-order valence-electron chi connectivity index (χ3n) is 3.39. The summed E-state index contributed by atoms with van der Waals surface area (Å²) in [7, 11) is -3.66. The van der Waals surface area contributed by atoms with Crippen LogP contribution in [0.25, 0.3) is 0 Å². The van der Waals surface area contributed by atoms with Crippen molar-refractivity contribution in [1.82, 2.24) is 0 Å². The Morgan fingerprint density at radius 2 is 1.44 bits per heavy atom. The van der Waals surface area contributed by atoms with Crippen LogP contribution < -0.4 is 4.46 Å². The van der Waals surface area contributed by atoms with Crippen LogP contribution in [0.4, 0.5) is 0 Å². The Labute approximate surface area is 161 Å². The van der Waals surface area contributed by atoms with E-state index in [0.717, 1.165) is 0 Å². The second-order valence-corrected chi connectivity index (χ2v) is 11.4. The minimum absolute atomic E-state index is 0.0694. The molecular formula is C20H21ClO2SSe. The number of sulfone groups is 1. The second kappa shape index (κ2) is 8.37. The van der Waals surface area contributed by atoms with Crippen LogP contribution in [0.3, 0.4) is 0 Å². The number of hydrogen-bond donors (Lipinski definition) is 0. The zero-order chi connectivity index (χ0) is 18.5. The van der Waals surface area contributed by atoms with E-state index in [4.69, 9.17) is 11.6 Å². The fourth-order valence-corrected chi connectivity index (χ4v) is 5.39. The molecule has 0 heterocycles. The number of hydrogen-bond acceptors (Lipinski definition) is 2. The normalized spacial score (nSPS) is 13.8. The van der Waals surface area contributed by atoms with E-state index in [1.165, 1.54) is 15.0 Å². The van der Waals surface area contributed by atoms with Crippen LogP contribution in [0.1, 0.15) is 20.8 Å². The minimum atomic E-state index is -3.66. The number of allylic oxidation sites excluding steroid dienone is 3. The van der Waals surface area contributed by atoms with Crippen LogP contribution in [-0.2, 0) is 9.84 Å². The summed E-state index contributed by atoms with van der Waals surface area (Å²) in [5.41, 5.74) is -0.0694. The third kappa shape index (κ3) is 5.58. The quantitative estimate of drug-likeness (QED) is 0.508. The first-order valence-electron chi connectivity index (χ1n) is 7.82. The molecular weight excluding hydrogens is 419 g/mol. The van der Waals surface area contributed by atoms with Crippen molar-refractivity contribution >= 4 is 40.9 Å². The topological polar surface area (TPSA) is 34.1 Å². The standard InChI is InChI=1S/C20H21ClO2SSe/c1-20(2,3)18(25-17-12-8-5-9-13-17)14-15-19(21)24(22,23)16-10-6-4-7-11-16/h4-15H,1-3H3/b18-14-,19-15-. The maximum atomic E-state index is 12.5. The Morgan fingerprint density at radius 1 is 0.920 bits per heavy atom. The molecule has 0 aromatic heterocycles. The maximum absolute atomic E-state index is 12.5. The molecule has 2 rings (SSSR count). The zero-order valence-corrected chi connectivity index (χ0v) is 17.7. The van der Waals surface area contributed by atoms with E-state index >= 15 is 0 Å². The summed E-state index contributed by atoms with van der Waals surface area (Å²) in [6.07, 6.45) is 3.37. The van der Waals surface area contributed by atoms with Gasteiger partial charge in [0.2, 0.25) is 0 Å². The Hall–Kier alpha value is -1.32. The molecule has 0 saturated carbocycles. The molecule has 0 spiro atoms. The predicted octanol–water partition coefficient (Wildman–Crippen LogP) is 4.50. The predicted molar refractivity (Wildman–Crippen MR) is 107 cm³/mol. The van der Waals surface area contributed by atoms with Crippen molar-refractivity contribution in [3.63, 3.8) is 0 Å².